The smallest absolute Gasteiger partial charge is 0.110 e. The van der Waals surface area contributed by atoms with Crippen LogP contribution in [0, 0.1) is 5.92 Å². The number of aliphatic imine (C=N–C) groups is 3. The van der Waals surface area contributed by atoms with Gasteiger partial charge < -0.3 is 0 Å². The van der Waals surface area contributed by atoms with E-state index in [0.717, 1.165) is 0 Å². The molecule has 0 aliphatic rings. The Morgan fingerprint density at radius 1 is 1.13 bits per heavy atom. The molecule has 0 aromatic carbocycles. The van der Waals surface area contributed by atoms with Gasteiger partial charge in [0.15, 0.2) is 0 Å². The maximum atomic E-state index is 4.41. The van der Waals surface area contributed by atoms with Gasteiger partial charge in [0.1, 0.15) is 6.34 Å². The zero-order valence-corrected chi connectivity index (χ0v) is 10.3. The Balaban J connectivity index is 4.73. The van der Waals surface area contributed by atoms with Crippen molar-refractivity contribution in [1.82, 2.24) is 0 Å². The molecule has 0 aliphatic carbocycles. The normalized spacial score (nSPS) is 17.7. The molecule has 0 saturated heterocycles. The van der Waals surface area contributed by atoms with Gasteiger partial charge in [0.05, 0.1) is 5.54 Å². The van der Waals surface area contributed by atoms with E-state index in [2.05, 4.69) is 28.8 Å². The molecule has 0 radical (unpaired) electrons. The third-order valence-corrected chi connectivity index (χ3v) is 2.29. The molecular weight excluding hydrogens is 186 g/mol. The summed E-state index contributed by atoms with van der Waals surface area (Å²) in [6.07, 6.45) is 8.82. The van der Waals surface area contributed by atoms with Crippen molar-refractivity contribution in [2.45, 2.75) is 40.2 Å². The second kappa shape index (κ2) is 7.10. The summed E-state index contributed by atoms with van der Waals surface area (Å²) in [5.74, 6) is 0.384. The SMILES string of the molecule is CC=NC=NC(C)(C=N/C=C/C)C(C)C. The van der Waals surface area contributed by atoms with E-state index in [1.807, 2.05) is 33.1 Å². The predicted octanol–water partition coefficient (Wildman–Crippen LogP) is 3.12. The third kappa shape index (κ3) is 5.25. The molecule has 0 aromatic heterocycles. The van der Waals surface area contributed by atoms with E-state index >= 15 is 0 Å². The van der Waals surface area contributed by atoms with Crippen LogP contribution >= 0.6 is 0 Å². The second-order valence-electron chi connectivity index (χ2n) is 3.79. The summed E-state index contributed by atoms with van der Waals surface area (Å²) in [5.41, 5.74) is -0.286. The van der Waals surface area contributed by atoms with Gasteiger partial charge >= 0.3 is 0 Å². The minimum Gasteiger partial charge on any atom is -0.267 e. The van der Waals surface area contributed by atoms with E-state index in [4.69, 9.17) is 0 Å². The molecule has 0 amide bonds. The van der Waals surface area contributed by atoms with E-state index in [-0.39, 0.29) is 5.54 Å². The summed E-state index contributed by atoms with van der Waals surface area (Å²) < 4.78 is 0. The lowest BCUT2D eigenvalue weighted by Gasteiger charge is -2.24. The Kier molecular flexibility index (Phi) is 6.50. The van der Waals surface area contributed by atoms with Crippen molar-refractivity contribution in [1.29, 1.82) is 0 Å². The molecule has 0 spiro atoms. The number of hydrogen-bond acceptors (Lipinski definition) is 2. The van der Waals surface area contributed by atoms with Crippen molar-refractivity contribution < 1.29 is 0 Å². The van der Waals surface area contributed by atoms with E-state index in [1.54, 1.807) is 18.8 Å². The summed E-state index contributed by atoms with van der Waals surface area (Å²) in [7, 11) is 0. The molecule has 0 bridgehead atoms. The van der Waals surface area contributed by atoms with Gasteiger partial charge in [0.2, 0.25) is 0 Å². The fourth-order valence-corrected chi connectivity index (χ4v) is 0.836. The fraction of sp³-hybridized carbons (Fsp3) is 0.583. The standard InChI is InChI=1S/C12H21N3/c1-6-8-14-9-12(5,11(3)4)15-10-13-7-2/h6-11H,1-5H3/b8-6+,13-7?,14-9?,15-10?. The first-order valence-corrected chi connectivity index (χ1v) is 5.23. The number of rotatable bonds is 5. The monoisotopic (exact) mass is 207 g/mol. The summed E-state index contributed by atoms with van der Waals surface area (Å²) in [4.78, 5) is 12.6. The van der Waals surface area contributed by atoms with Crippen LogP contribution in [-0.2, 0) is 0 Å². The van der Waals surface area contributed by atoms with Crippen LogP contribution in [0.15, 0.2) is 27.3 Å². The lowest BCUT2D eigenvalue weighted by atomic mass is 9.90. The highest BCUT2D eigenvalue weighted by atomic mass is 14.9. The lowest BCUT2D eigenvalue weighted by molar-refractivity contribution is 0.460. The van der Waals surface area contributed by atoms with Crippen LogP contribution in [0.3, 0.4) is 0 Å². The Morgan fingerprint density at radius 2 is 1.80 bits per heavy atom. The molecule has 0 aliphatic heterocycles. The molecule has 3 nitrogen and oxygen atoms in total. The molecule has 0 heterocycles. The summed E-state index contributed by atoms with van der Waals surface area (Å²) in [5, 5.41) is 0. The molecule has 0 rings (SSSR count). The van der Waals surface area contributed by atoms with Gasteiger partial charge in [0.25, 0.3) is 0 Å². The number of hydrogen-bond donors (Lipinski definition) is 0. The highest BCUT2D eigenvalue weighted by Crippen LogP contribution is 2.18. The molecule has 1 unspecified atom stereocenters. The van der Waals surface area contributed by atoms with Gasteiger partial charge in [0, 0.05) is 18.6 Å². The predicted molar refractivity (Wildman–Crippen MR) is 69.2 cm³/mol. The van der Waals surface area contributed by atoms with Crippen molar-refractivity contribution in [2.24, 2.45) is 20.9 Å². The first kappa shape index (κ1) is 13.8. The van der Waals surface area contributed by atoms with Gasteiger partial charge in [-0.15, -0.1) is 0 Å². The molecule has 3 heteroatoms. The highest BCUT2D eigenvalue weighted by Gasteiger charge is 2.24. The van der Waals surface area contributed by atoms with Crippen LogP contribution < -0.4 is 0 Å². The largest absolute Gasteiger partial charge is 0.267 e. The average Bonchev–Trinajstić information content (AvgIpc) is 2.18. The fourth-order valence-electron chi connectivity index (χ4n) is 0.836. The maximum absolute atomic E-state index is 4.41. The third-order valence-electron chi connectivity index (χ3n) is 2.29. The van der Waals surface area contributed by atoms with E-state index in [1.165, 1.54) is 0 Å². The van der Waals surface area contributed by atoms with Crippen LogP contribution in [0.25, 0.3) is 0 Å². The summed E-state index contributed by atoms with van der Waals surface area (Å²) >= 11 is 0. The lowest BCUT2D eigenvalue weighted by Crippen LogP contribution is -2.30. The number of nitrogens with zero attached hydrogens (tertiary/aromatic N) is 3. The topological polar surface area (TPSA) is 37.1 Å². The summed E-state index contributed by atoms with van der Waals surface area (Å²) in [6.45, 7) is 10.1. The quantitative estimate of drug-likeness (QED) is 0.490. The van der Waals surface area contributed by atoms with Gasteiger partial charge in [-0.05, 0) is 26.7 Å². The van der Waals surface area contributed by atoms with E-state index in [9.17, 15) is 0 Å². The summed E-state index contributed by atoms with van der Waals surface area (Å²) in [6, 6.07) is 0. The average molecular weight is 207 g/mol. The van der Waals surface area contributed by atoms with Gasteiger partial charge in [-0.2, -0.15) is 0 Å². The van der Waals surface area contributed by atoms with Gasteiger partial charge in [-0.1, -0.05) is 19.9 Å². The Bertz CT molecular complexity index is 251. The first-order chi connectivity index (χ1) is 7.06. The van der Waals surface area contributed by atoms with Crippen LogP contribution in [-0.4, -0.2) is 24.3 Å². The molecule has 15 heavy (non-hydrogen) atoms. The van der Waals surface area contributed by atoms with Crippen LogP contribution in [0.4, 0.5) is 0 Å². The van der Waals surface area contributed by atoms with Gasteiger partial charge in [-0.25, -0.2) is 4.99 Å². The first-order valence-electron chi connectivity index (χ1n) is 5.23. The molecule has 1 atom stereocenters. The number of allylic oxidation sites excluding steroid dienone is 1. The van der Waals surface area contributed by atoms with Crippen molar-refractivity contribution in [3.05, 3.63) is 12.3 Å². The minimum atomic E-state index is -0.286. The van der Waals surface area contributed by atoms with Crippen molar-refractivity contribution in [2.75, 3.05) is 0 Å². The van der Waals surface area contributed by atoms with Crippen molar-refractivity contribution >= 4 is 18.8 Å². The molecule has 0 N–H and O–H groups in total. The molecule has 0 saturated carbocycles. The Morgan fingerprint density at radius 3 is 2.27 bits per heavy atom. The molecule has 0 aromatic rings. The van der Waals surface area contributed by atoms with Crippen molar-refractivity contribution in [3.63, 3.8) is 0 Å². The second-order valence-corrected chi connectivity index (χ2v) is 3.79. The highest BCUT2D eigenvalue weighted by molar-refractivity contribution is 5.76. The van der Waals surface area contributed by atoms with Crippen molar-refractivity contribution in [3.8, 4) is 0 Å². The van der Waals surface area contributed by atoms with Crippen LogP contribution in [0.1, 0.15) is 34.6 Å². The minimum absolute atomic E-state index is 0.286. The zero-order valence-electron chi connectivity index (χ0n) is 10.3. The van der Waals surface area contributed by atoms with E-state index < -0.39 is 0 Å². The van der Waals surface area contributed by atoms with E-state index in [0.29, 0.717) is 5.92 Å². The van der Waals surface area contributed by atoms with Crippen LogP contribution in [0.5, 0.6) is 0 Å². The molecular formula is C12H21N3. The molecule has 84 valence electrons. The Labute approximate surface area is 92.7 Å². The zero-order chi connectivity index (χ0) is 11.7. The maximum Gasteiger partial charge on any atom is 0.110 e. The van der Waals surface area contributed by atoms with Gasteiger partial charge in [-0.3, -0.25) is 9.98 Å². The molecule has 0 fully saturated rings. The van der Waals surface area contributed by atoms with Crippen LogP contribution in [0.2, 0.25) is 0 Å². The Hall–Kier alpha value is -1.25.